The third kappa shape index (κ3) is 3.38. The van der Waals surface area contributed by atoms with Gasteiger partial charge in [0.05, 0.1) is 11.8 Å². The van der Waals surface area contributed by atoms with Crippen molar-refractivity contribution < 1.29 is 19.2 Å². The number of allylic oxidation sites excluding steroid dienone is 1. The maximum Gasteiger partial charge on any atom is 0.333 e. The van der Waals surface area contributed by atoms with Crippen molar-refractivity contribution in [1.82, 2.24) is 9.80 Å². The molecule has 2 saturated heterocycles. The number of imide groups is 2. The van der Waals surface area contributed by atoms with Gasteiger partial charge in [0.1, 0.15) is 5.41 Å². The Kier molecular flexibility index (Phi) is 6.08. The zero-order valence-corrected chi connectivity index (χ0v) is 16.1. The van der Waals surface area contributed by atoms with Gasteiger partial charge in [-0.05, 0) is 43.9 Å². The van der Waals surface area contributed by atoms with Crippen LogP contribution < -0.4 is 0 Å². The molecule has 2 rings (SSSR count). The molecule has 0 aromatic carbocycles. The van der Waals surface area contributed by atoms with Crippen LogP contribution in [-0.4, -0.2) is 58.0 Å². The number of ketones is 1. The first-order valence-electron chi connectivity index (χ1n) is 8.76. The van der Waals surface area contributed by atoms with Crippen molar-refractivity contribution in [3.63, 3.8) is 0 Å². The van der Waals surface area contributed by atoms with Gasteiger partial charge in [0.2, 0.25) is 5.91 Å². The van der Waals surface area contributed by atoms with Gasteiger partial charge in [0, 0.05) is 7.05 Å². The summed E-state index contributed by atoms with van der Waals surface area (Å²) >= 11 is 1.57. The Bertz CT molecular complexity index is 625. The second-order valence-corrected chi connectivity index (χ2v) is 7.93. The number of carbonyl (C=O) groups is 4. The van der Waals surface area contributed by atoms with E-state index in [1.54, 1.807) is 18.7 Å². The van der Waals surface area contributed by atoms with Crippen molar-refractivity contribution in [3.05, 3.63) is 11.6 Å². The average Bonchev–Trinajstić information content (AvgIpc) is 3.14. The summed E-state index contributed by atoms with van der Waals surface area (Å²) in [5, 5.41) is -0.161. The number of nitrogens with zero attached hydrogens (tertiary/aromatic N) is 2. The van der Waals surface area contributed by atoms with Gasteiger partial charge < -0.3 is 0 Å². The lowest BCUT2D eigenvalue weighted by Gasteiger charge is -2.42. The lowest BCUT2D eigenvalue weighted by Crippen LogP contribution is -2.64. The van der Waals surface area contributed by atoms with Gasteiger partial charge in [-0.3, -0.25) is 24.2 Å². The van der Waals surface area contributed by atoms with E-state index in [9.17, 15) is 19.2 Å². The van der Waals surface area contributed by atoms with Crippen molar-refractivity contribution in [2.45, 2.75) is 51.7 Å². The Labute approximate surface area is 153 Å². The first kappa shape index (κ1) is 19.7. The zero-order valence-electron chi connectivity index (χ0n) is 15.3. The second-order valence-electron chi connectivity index (χ2n) is 6.62. The number of Topliss-reactive ketones (excluding diaryl/α,β-unsaturated/α-hetero) is 1. The summed E-state index contributed by atoms with van der Waals surface area (Å²) < 4.78 is 0. The zero-order chi connectivity index (χ0) is 18.8. The van der Waals surface area contributed by atoms with Crippen molar-refractivity contribution in [1.29, 1.82) is 0 Å². The fraction of sp³-hybridized carbons (Fsp3) is 0.667. The van der Waals surface area contributed by atoms with Gasteiger partial charge in [-0.1, -0.05) is 19.9 Å². The highest BCUT2D eigenvalue weighted by molar-refractivity contribution is 8.00. The van der Waals surface area contributed by atoms with Gasteiger partial charge in [0.25, 0.3) is 5.91 Å². The van der Waals surface area contributed by atoms with E-state index in [0.717, 1.165) is 28.4 Å². The molecule has 0 radical (unpaired) electrons. The maximum atomic E-state index is 13.1. The topological polar surface area (TPSA) is 74.8 Å². The van der Waals surface area contributed by atoms with E-state index in [1.165, 1.54) is 7.05 Å². The van der Waals surface area contributed by atoms with Crippen LogP contribution in [0.2, 0.25) is 0 Å². The van der Waals surface area contributed by atoms with Crippen LogP contribution in [0.1, 0.15) is 46.5 Å². The summed E-state index contributed by atoms with van der Waals surface area (Å²) in [6, 6.07) is -0.712. The van der Waals surface area contributed by atoms with Crippen molar-refractivity contribution in [2.75, 3.05) is 19.3 Å². The summed E-state index contributed by atoms with van der Waals surface area (Å²) in [5.41, 5.74) is -0.728. The molecule has 4 amide bonds. The monoisotopic (exact) mass is 366 g/mol. The molecule has 2 aliphatic heterocycles. The predicted molar refractivity (Wildman–Crippen MR) is 97.1 cm³/mol. The highest BCUT2D eigenvalue weighted by Gasteiger charge is 2.55. The fourth-order valence-electron chi connectivity index (χ4n) is 3.50. The summed E-state index contributed by atoms with van der Waals surface area (Å²) in [6.07, 6.45) is 4.84. The number of barbiturate groups is 1. The molecule has 6 nitrogen and oxygen atoms in total. The quantitative estimate of drug-likeness (QED) is 0.534. The average molecular weight is 366 g/mol. The minimum atomic E-state index is -1.42. The molecule has 0 N–H and O–H groups in total. The first-order valence-corrected chi connectivity index (χ1v) is 9.81. The standard InChI is InChI=1S/C18H26N2O4S/c1-5-8-12(6-2)18(3)15(22)19(4)17(24)20(16(18)23)11-13(21)14-9-7-10-25-14/h8,14H,5-7,9-11H2,1-4H3/b12-8+. The van der Waals surface area contributed by atoms with Crippen molar-refractivity contribution in [2.24, 2.45) is 5.41 Å². The van der Waals surface area contributed by atoms with Gasteiger partial charge in [-0.15, -0.1) is 0 Å². The summed E-state index contributed by atoms with van der Waals surface area (Å²) in [4.78, 5) is 52.8. The summed E-state index contributed by atoms with van der Waals surface area (Å²) in [7, 11) is 1.37. The molecule has 2 unspecified atom stereocenters. The van der Waals surface area contributed by atoms with Crippen LogP contribution >= 0.6 is 11.8 Å². The van der Waals surface area contributed by atoms with Gasteiger partial charge >= 0.3 is 6.03 Å². The summed E-state index contributed by atoms with van der Waals surface area (Å²) in [6.45, 7) is 5.12. The van der Waals surface area contributed by atoms with Crippen LogP contribution in [0.5, 0.6) is 0 Å². The molecule has 2 heterocycles. The highest BCUT2D eigenvalue weighted by Crippen LogP contribution is 2.38. The minimum Gasteiger partial charge on any atom is -0.296 e. The number of urea groups is 1. The van der Waals surface area contributed by atoms with E-state index in [2.05, 4.69) is 0 Å². The Morgan fingerprint density at radius 3 is 2.48 bits per heavy atom. The number of hydrogen-bond donors (Lipinski definition) is 0. The van der Waals surface area contributed by atoms with E-state index >= 15 is 0 Å². The van der Waals surface area contributed by atoms with E-state index in [4.69, 9.17) is 0 Å². The molecule has 138 valence electrons. The lowest BCUT2D eigenvalue weighted by molar-refractivity contribution is -0.155. The van der Waals surface area contributed by atoms with Crippen LogP contribution in [-0.2, 0) is 14.4 Å². The molecule has 2 atom stereocenters. The highest BCUT2D eigenvalue weighted by atomic mass is 32.2. The number of hydrogen-bond acceptors (Lipinski definition) is 5. The molecule has 0 aromatic rings. The van der Waals surface area contributed by atoms with Crippen LogP contribution in [0, 0.1) is 5.41 Å². The molecular formula is C18H26N2O4S. The molecule has 0 aliphatic carbocycles. The Balaban J connectivity index is 2.35. The third-order valence-corrected chi connectivity index (χ3v) is 6.42. The lowest BCUT2D eigenvalue weighted by atomic mass is 9.76. The SMILES string of the molecule is CC/C=C(\CC)C1(C)C(=O)N(C)C(=O)N(CC(=O)C2CCCS2)C1=O. The van der Waals surface area contributed by atoms with E-state index < -0.39 is 23.3 Å². The van der Waals surface area contributed by atoms with Crippen LogP contribution in [0.4, 0.5) is 4.79 Å². The van der Waals surface area contributed by atoms with Gasteiger partial charge in [-0.2, -0.15) is 11.8 Å². The second kappa shape index (κ2) is 7.72. The van der Waals surface area contributed by atoms with Crippen molar-refractivity contribution in [3.8, 4) is 0 Å². The van der Waals surface area contributed by atoms with Crippen LogP contribution in [0.15, 0.2) is 11.6 Å². The number of rotatable bonds is 6. The van der Waals surface area contributed by atoms with Crippen LogP contribution in [0.25, 0.3) is 0 Å². The number of amides is 4. The maximum absolute atomic E-state index is 13.1. The Hall–Kier alpha value is -1.63. The van der Waals surface area contributed by atoms with Crippen LogP contribution in [0.3, 0.4) is 0 Å². The molecule has 7 heteroatoms. The summed E-state index contributed by atoms with van der Waals surface area (Å²) in [5.74, 6) is -0.304. The number of carbonyl (C=O) groups excluding carboxylic acids is 4. The predicted octanol–water partition coefficient (Wildman–Crippen LogP) is 2.62. The molecular weight excluding hydrogens is 340 g/mol. The smallest absolute Gasteiger partial charge is 0.296 e. The molecule has 0 spiro atoms. The number of thioether (sulfide) groups is 1. The molecule has 25 heavy (non-hydrogen) atoms. The fourth-order valence-corrected chi connectivity index (χ4v) is 4.72. The molecule has 0 aromatic heterocycles. The van der Waals surface area contributed by atoms with E-state index in [0.29, 0.717) is 18.4 Å². The molecule has 2 aliphatic rings. The third-order valence-electron chi connectivity index (χ3n) is 5.00. The van der Waals surface area contributed by atoms with Crippen molar-refractivity contribution >= 4 is 35.4 Å². The Morgan fingerprint density at radius 1 is 1.28 bits per heavy atom. The van der Waals surface area contributed by atoms with Gasteiger partial charge in [0.15, 0.2) is 5.78 Å². The molecule has 2 fully saturated rings. The largest absolute Gasteiger partial charge is 0.333 e. The minimum absolute atomic E-state index is 0.119. The van der Waals surface area contributed by atoms with E-state index in [1.807, 2.05) is 19.9 Å². The normalized spacial score (nSPS) is 28.1. The van der Waals surface area contributed by atoms with E-state index in [-0.39, 0.29) is 17.6 Å². The Morgan fingerprint density at radius 2 is 1.96 bits per heavy atom. The van der Waals surface area contributed by atoms with Gasteiger partial charge in [-0.25, -0.2) is 4.79 Å². The molecule has 0 bridgehead atoms. The molecule has 0 saturated carbocycles. The first-order chi connectivity index (χ1) is 11.8.